The number of likely N-dealkylation sites (N-methyl/N-ethyl adjacent to an activating group) is 1. The molecule has 0 radical (unpaired) electrons. The summed E-state index contributed by atoms with van der Waals surface area (Å²) >= 11 is 0. The maximum atomic E-state index is 13.6. The van der Waals surface area contributed by atoms with E-state index in [1.807, 2.05) is 11.8 Å². The highest BCUT2D eigenvalue weighted by Crippen LogP contribution is 2.47. The maximum absolute atomic E-state index is 13.6. The van der Waals surface area contributed by atoms with Crippen LogP contribution >= 0.6 is 0 Å². The quantitative estimate of drug-likeness (QED) is 0.579. The van der Waals surface area contributed by atoms with Crippen molar-refractivity contribution >= 4 is 17.9 Å². The average molecular weight is 526 g/mol. The molecule has 2 aromatic rings. The molecule has 2 saturated heterocycles. The fourth-order valence-electron chi connectivity index (χ4n) is 5.58. The Morgan fingerprint density at radius 3 is 2.05 bits per heavy atom. The number of rotatable bonds is 5. The normalized spacial score (nSPS) is 22.7. The minimum absolute atomic E-state index is 0.0182. The van der Waals surface area contributed by atoms with E-state index in [1.54, 1.807) is 24.1 Å². The molecule has 3 fully saturated rings. The molecule has 1 saturated carbocycles. The molecule has 9 heteroatoms. The van der Waals surface area contributed by atoms with Crippen LogP contribution in [0, 0.1) is 23.0 Å². The number of carbonyl (C=O) groups excluding carboxylic acids is 3. The highest BCUT2D eigenvalue weighted by Gasteiger charge is 2.48. The van der Waals surface area contributed by atoms with Crippen molar-refractivity contribution < 1.29 is 27.9 Å². The van der Waals surface area contributed by atoms with E-state index in [0.717, 1.165) is 18.4 Å². The summed E-state index contributed by atoms with van der Waals surface area (Å²) in [4.78, 5) is 44.4. The summed E-state index contributed by atoms with van der Waals surface area (Å²) in [7, 11) is 1.61. The van der Waals surface area contributed by atoms with Crippen LogP contribution in [0.1, 0.15) is 44.1 Å². The molecule has 5 rings (SSSR count). The Hall–Kier alpha value is -3.49. The van der Waals surface area contributed by atoms with Gasteiger partial charge in [0.25, 0.3) is 0 Å². The number of amides is 3. The van der Waals surface area contributed by atoms with E-state index in [1.165, 1.54) is 41.3 Å². The fraction of sp³-hybridized carbons (Fsp3) is 0.483. The molecule has 202 valence electrons. The Morgan fingerprint density at radius 1 is 0.895 bits per heavy atom. The van der Waals surface area contributed by atoms with E-state index < -0.39 is 18.0 Å². The van der Waals surface area contributed by atoms with Gasteiger partial charge in [-0.1, -0.05) is 19.1 Å². The van der Waals surface area contributed by atoms with Gasteiger partial charge in [0.1, 0.15) is 17.4 Å². The molecule has 2 atom stereocenters. The lowest BCUT2D eigenvalue weighted by Crippen LogP contribution is -2.46. The molecule has 1 unspecified atom stereocenters. The zero-order valence-electron chi connectivity index (χ0n) is 21.7. The monoisotopic (exact) mass is 525 g/mol. The van der Waals surface area contributed by atoms with Gasteiger partial charge in [-0.05, 0) is 67.6 Å². The lowest BCUT2D eigenvalue weighted by molar-refractivity contribution is -0.142. The predicted molar refractivity (Wildman–Crippen MR) is 136 cm³/mol. The van der Waals surface area contributed by atoms with E-state index in [-0.39, 0.29) is 40.6 Å². The van der Waals surface area contributed by atoms with Gasteiger partial charge >= 0.3 is 6.09 Å². The SMILES string of the molecule is CN(C(=O)Oc1ccc(F)cc1)C1CN(C(=O)C2CCN(C(=O)C3(C)CC3)CC2)C[C@@H]1c1ccc(F)cc1. The number of ether oxygens (including phenoxy) is 1. The summed E-state index contributed by atoms with van der Waals surface area (Å²) < 4.78 is 32.3. The van der Waals surface area contributed by atoms with E-state index in [4.69, 9.17) is 4.74 Å². The van der Waals surface area contributed by atoms with Gasteiger partial charge in [-0.25, -0.2) is 13.6 Å². The second-order valence-electron chi connectivity index (χ2n) is 11.0. The Morgan fingerprint density at radius 2 is 1.47 bits per heavy atom. The number of piperidine rings is 1. The smallest absolute Gasteiger partial charge is 0.410 e. The van der Waals surface area contributed by atoms with Gasteiger partial charge in [0.15, 0.2) is 0 Å². The van der Waals surface area contributed by atoms with Crippen molar-refractivity contribution in [2.24, 2.45) is 11.3 Å². The zero-order chi connectivity index (χ0) is 27.0. The van der Waals surface area contributed by atoms with E-state index in [0.29, 0.717) is 39.0 Å². The van der Waals surface area contributed by atoms with Crippen LogP contribution in [0.2, 0.25) is 0 Å². The maximum Gasteiger partial charge on any atom is 0.415 e. The third-order valence-corrected chi connectivity index (χ3v) is 8.35. The second-order valence-corrected chi connectivity index (χ2v) is 11.0. The third kappa shape index (κ3) is 5.37. The molecule has 3 aliphatic rings. The van der Waals surface area contributed by atoms with Gasteiger partial charge in [-0.3, -0.25) is 9.59 Å². The zero-order valence-corrected chi connectivity index (χ0v) is 21.7. The van der Waals surface area contributed by atoms with Crippen LogP contribution in [0.25, 0.3) is 0 Å². The number of nitrogens with zero attached hydrogens (tertiary/aromatic N) is 3. The molecule has 2 heterocycles. The summed E-state index contributed by atoms with van der Waals surface area (Å²) in [6, 6.07) is 10.9. The van der Waals surface area contributed by atoms with Crippen LogP contribution in [0.5, 0.6) is 5.75 Å². The molecular weight excluding hydrogens is 492 g/mol. The summed E-state index contributed by atoms with van der Waals surface area (Å²) in [5.74, 6) is -0.782. The largest absolute Gasteiger partial charge is 0.415 e. The number of hydrogen-bond donors (Lipinski definition) is 0. The van der Waals surface area contributed by atoms with Crippen molar-refractivity contribution in [3.63, 3.8) is 0 Å². The molecule has 2 aliphatic heterocycles. The fourth-order valence-corrected chi connectivity index (χ4v) is 5.58. The Bertz CT molecular complexity index is 1190. The first-order valence-corrected chi connectivity index (χ1v) is 13.2. The molecule has 3 amide bonds. The van der Waals surface area contributed by atoms with E-state index in [2.05, 4.69) is 0 Å². The summed E-state index contributed by atoms with van der Waals surface area (Å²) in [6.07, 6.45) is 2.48. The molecule has 0 N–H and O–H groups in total. The van der Waals surface area contributed by atoms with Crippen molar-refractivity contribution in [1.82, 2.24) is 14.7 Å². The van der Waals surface area contributed by atoms with Crippen LogP contribution < -0.4 is 4.74 Å². The average Bonchev–Trinajstić information content (AvgIpc) is 3.52. The van der Waals surface area contributed by atoms with Gasteiger partial charge in [0.05, 0.1) is 6.04 Å². The van der Waals surface area contributed by atoms with Crippen molar-refractivity contribution in [1.29, 1.82) is 0 Å². The van der Waals surface area contributed by atoms with Gasteiger partial charge in [-0.2, -0.15) is 0 Å². The number of benzene rings is 2. The van der Waals surface area contributed by atoms with Crippen LogP contribution in [0.4, 0.5) is 13.6 Å². The van der Waals surface area contributed by atoms with Crippen LogP contribution in [-0.2, 0) is 9.59 Å². The first-order chi connectivity index (χ1) is 18.1. The number of halogens is 2. The number of carbonyl (C=O) groups is 3. The summed E-state index contributed by atoms with van der Waals surface area (Å²) in [6.45, 7) is 3.86. The number of likely N-dealkylation sites (tertiary alicyclic amines) is 2. The van der Waals surface area contributed by atoms with Gasteiger partial charge < -0.3 is 19.4 Å². The Kier molecular flexibility index (Phi) is 7.11. The Balaban J connectivity index is 1.27. The lowest BCUT2D eigenvalue weighted by Gasteiger charge is -2.34. The van der Waals surface area contributed by atoms with E-state index >= 15 is 0 Å². The minimum Gasteiger partial charge on any atom is -0.410 e. The van der Waals surface area contributed by atoms with Crippen LogP contribution in [-0.4, -0.2) is 71.9 Å². The first kappa shape index (κ1) is 26.1. The molecule has 1 aliphatic carbocycles. The molecule has 2 aromatic carbocycles. The van der Waals surface area contributed by atoms with Crippen molar-refractivity contribution in [2.75, 3.05) is 33.2 Å². The lowest BCUT2D eigenvalue weighted by atomic mass is 9.93. The van der Waals surface area contributed by atoms with Gasteiger partial charge in [0.2, 0.25) is 11.8 Å². The molecule has 38 heavy (non-hydrogen) atoms. The van der Waals surface area contributed by atoms with Gasteiger partial charge in [0, 0.05) is 50.5 Å². The first-order valence-electron chi connectivity index (χ1n) is 13.2. The summed E-state index contributed by atoms with van der Waals surface area (Å²) in [5.41, 5.74) is 0.611. The van der Waals surface area contributed by atoms with Crippen LogP contribution in [0.3, 0.4) is 0 Å². The van der Waals surface area contributed by atoms with Gasteiger partial charge in [-0.15, -0.1) is 0 Å². The van der Waals surface area contributed by atoms with Crippen molar-refractivity contribution in [3.05, 3.63) is 65.7 Å². The minimum atomic E-state index is -0.622. The highest BCUT2D eigenvalue weighted by atomic mass is 19.1. The molecule has 0 spiro atoms. The highest BCUT2D eigenvalue weighted by molar-refractivity contribution is 5.85. The molecular formula is C29H33F2N3O4. The van der Waals surface area contributed by atoms with E-state index in [9.17, 15) is 23.2 Å². The van der Waals surface area contributed by atoms with Crippen molar-refractivity contribution in [3.8, 4) is 5.75 Å². The molecule has 0 aromatic heterocycles. The molecule has 0 bridgehead atoms. The second kappa shape index (κ2) is 10.3. The predicted octanol–water partition coefficient (Wildman–Crippen LogP) is 4.43. The third-order valence-electron chi connectivity index (χ3n) is 8.35. The van der Waals surface area contributed by atoms with Crippen LogP contribution in [0.15, 0.2) is 48.5 Å². The van der Waals surface area contributed by atoms with Crippen molar-refractivity contribution in [2.45, 2.75) is 44.6 Å². The number of hydrogen-bond acceptors (Lipinski definition) is 4. The Labute approximate surface area is 221 Å². The standard InChI is InChI=1S/C29H33F2N3O4/c1-29(13-14-29)27(36)33-15-11-20(12-16-33)26(35)34-17-24(19-3-5-21(30)6-4-19)25(18-34)32(2)28(37)38-23-9-7-22(31)8-10-23/h3-10,20,24-25H,11-18H2,1-2H3/t24-,25?/m1/s1. The topological polar surface area (TPSA) is 70.2 Å². The summed E-state index contributed by atoms with van der Waals surface area (Å²) in [5, 5.41) is 0. The molecule has 7 nitrogen and oxygen atoms in total.